The van der Waals surface area contributed by atoms with E-state index in [2.05, 4.69) is 20.7 Å². The zero-order valence-electron chi connectivity index (χ0n) is 11.1. The Morgan fingerprint density at radius 3 is 2.43 bits per heavy atom. The molecule has 0 aliphatic rings. The largest absolute Gasteiger partial charge is 0.392 e. The number of sulfonamides is 1. The molecule has 112 valence electrons. The summed E-state index contributed by atoms with van der Waals surface area (Å²) in [7, 11) is -3.71. The standard InChI is InChI=1S/C14H13BrClNO3S/c1-9-6-12(15)14(7-13(9)16)17-21(19,20)11-4-2-10(8-18)3-5-11/h2-7,17-18H,8H2,1H3. The summed E-state index contributed by atoms with van der Waals surface area (Å²) in [6.07, 6.45) is 0. The number of nitrogens with one attached hydrogen (secondary N) is 1. The fourth-order valence-corrected chi connectivity index (χ4v) is 3.62. The van der Waals surface area contributed by atoms with Crippen molar-refractivity contribution in [2.24, 2.45) is 0 Å². The van der Waals surface area contributed by atoms with Crippen LogP contribution in [0.1, 0.15) is 11.1 Å². The van der Waals surface area contributed by atoms with Gasteiger partial charge in [0.25, 0.3) is 10.0 Å². The lowest BCUT2D eigenvalue weighted by molar-refractivity contribution is 0.282. The van der Waals surface area contributed by atoms with Gasteiger partial charge in [-0.3, -0.25) is 4.72 Å². The van der Waals surface area contributed by atoms with Crippen molar-refractivity contribution >= 4 is 43.2 Å². The minimum Gasteiger partial charge on any atom is -0.392 e. The van der Waals surface area contributed by atoms with Crippen LogP contribution in [0.25, 0.3) is 0 Å². The number of halogens is 2. The van der Waals surface area contributed by atoms with Crippen LogP contribution in [-0.2, 0) is 16.6 Å². The molecule has 21 heavy (non-hydrogen) atoms. The summed E-state index contributed by atoms with van der Waals surface area (Å²) in [5.74, 6) is 0. The number of anilines is 1. The molecule has 0 radical (unpaired) electrons. The van der Waals surface area contributed by atoms with Gasteiger partial charge in [0.1, 0.15) is 0 Å². The molecule has 0 aliphatic carbocycles. The van der Waals surface area contributed by atoms with Crippen LogP contribution in [0.5, 0.6) is 0 Å². The second-order valence-corrected chi connectivity index (χ2v) is 7.43. The Kier molecular flexibility index (Phi) is 4.93. The first-order valence-electron chi connectivity index (χ1n) is 6.02. The third-order valence-electron chi connectivity index (χ3n) is 2.91. The molecule has 7 heteroatoms. The van der Waals surface area contributed by atoms with Gasteiger partial charge in [0.05, 0.1) is 17.2 Å². The number of rotatable bonds is 4. The van der Waals surface area contributed by atoms with Crippen LogP contribution in [0.4, 0.5) is 5.69 Å². The molecule has 0 amide bonds. The molecule has 0 saturated carbocycles. The lowest BCUT2D eigenvalue weighted by atomic mass is 10.2. The topological polar surface area (TPSA) is 66.4 Å². The normalized spacial score (nSPS) is 11.4. The molecule has 0 bridgehead atoms. The number of aryl methyl sites for hydroxylation is 1. The summed E-state index contributed by atoms with van der Waals surface area (Å²) in [5.41, 5.74) is 1.86. The molecule has 0 saturated heterocycles. The highest BCUT2D eigenvalue weighted by Crippen LogP contribution is 2.30. The Morgan fingerprint density at radius 2 is 1.86 bits per heavy atom. The van der Waals surface area contributed by atoms with Crippen molar-refractivity contribution in [1.82, 2.24) is 0 Å². The van der Waals surface area contributed by atoms with Crippen LogP contribution in [0.2, 0.25) is 5.02 Å². The van der Waals surface area contributed by atoms with Gasteiger partial charge < -0.3 is 5.11 Å². The highest BCUT2D eigenvalue weighted by molar-refractivity contribution is 9.10. The second-order valence-electron chi connectivity index (χ2n) is 4.49. The second kappa shape index (κ2) is 6.36. The monoisotopic (exact) mass is 389 g/mol. The Hall–Kier alpha value is -1.08. The predicted molar refractivity (Wildman–Crippen MR) is 87.1 cm³/mol. The van der Waals surface area contributed by atoms with E-state index in [1.807, 2.05) is 6.92 Å². The summed E-state index contributed by atoms with van der Waals surface area (Å²) in [4.78, 5) is 0.114. The van der Waals surface area contributed by atoms with E-state index in [9.17, 15) is 8.42 Å². The van der Waals surface area contributed by atoms with Crippen molar-refractivity contribution in [1.29, 1.82) is 0 Å². The summed E-state index contributed by atoms with van der Waals surface area (Å²) < 4.78 is 27.7. The summed E-state index contributed by atoms with van der Waals surface area (Å²) in [6.45, 7) is 1.70. The first-order chi connectivity index (χ1) is 9.83. The van der Waals surface area contributed by atoms with E-state index >= 15 is 0 Å². The molecular formula is C14H13BrClNO3S. The van der Waals surface area contributed by atoms with E-state index in [1.165, 1.54) is 12.1 Å². The maximum Gasteiger partial charge on any atom is 0.261 e. The van der Waals surface area contributed by atoms with E-state index < -0.39 is 10.0 Å². The van der Waals surface area contributed by atoms with Gasteiger partial charge in [-0.05, 0) is 58.2 Å². The van der Waals surface area contributed by atoms with Crippen molar-refractivity contribution in [2.45, 2.75) is 18.4 Å². The zero-order valence-corrected chi connectivity index (χ0v) is 14.3. The lowest BCUT2D eigenvalue weighted by Crippen LogP contribution is -2.13. The summed E-state index contributed by atoms with van der Waals surface area (Å²) in [5, 5.41) is 9.45. The SMILES string of the molecule is Cc1cc(Br)c(NS(=O)(=O)c2ccc(CO)cc2)cc1Cl. The van der Waals surface area contributed by atoms with Crippen LogP contribution < -0.4 is 4.72 Å². The van der Waals surface area contributed by atoms with Gasteiger partial charge >= 0.3 is 0 Å². The Bertz CT molecular complexity index is 761. The highest BCUT2D eigenvalue weighted by atomic mass is 79.9. The molecular weight excluding hydrogens is 378 g/mol. The number of hydrogen-bond acceptors (Lipinski definition) is 3. The fourth-order valence-electron chi connectivity index (χ4n) is 1.70. The minimum absolute atomic E-state index is 0.114. The van der Waals surface area contributed by atoms with Gasteiger partial charge in [-0.1, -0.05) is 23.7 Å². The number of hydrogen-bond donors (Lipinski definition) is 2. The lowest BCUT2D eigenvalue weighted by Gasteiger charge is -2.11. The quantitative estimate of drug-likeness (QED) is 0.836. The molecule has 0 heterocycles. The van der Waals surface area contributed by atoms with Crippen LogP contribution in [0.3, 0.4) is 0 Å². The molecule has 0 spiro atoms. The predicted octanol–water partition coefficient (Wildman–Crippen LogP) is 3.70. The van der Waals surface area contributed by atoms with E-state index in [1.54, 1.807) is 24.3 Å². The zero-order chi connectivity index (χ0) is 15.6. The maximum absolute atomic E-state index is 12.3. The Labute approximate surface area is 136 Å². The van der Waals surface area contributed by atoms with Gasteiger partial charge in [-0.25, -0.2) is 8.42 Å². The molecule has 0 fully saturated rings. The van der Waals surface area contributed by atoms with Crippen LogP contribution >= 0.6 is 27.5 Å². The van der Waals surface area contributed by atoms with Crippen LogP contribution in [-0.4, -0.2) is 13.5 Å². The van der Waals surface area contributed by atoms with Crippen molar-refractivity contribution in [3.8, 4) is 0 Å². The molecule has 2 rings (SSSR count). The summed E-state index contributed by atoms with van der Waals surface area (Å²) >= 11 is 9.33. The molecule has 0 aromatic heterocycles. The van der Waals surface area contributed by atoms with Gasteiger partial charge in [0.15, 0.2) is 0 Å². The van der Waals surface area contributed by atoms with Crippen LogP contribution in [0, 0.1) is 6.92 Å². The van der Waals surface area contributed by atoms with Crippen molar-refractivity contribution in [2.75, 3.05) is 4.72 Å². The van der Waals surface area contributed by atoms with Crippen molar-refractivity contribution in [3.63, 3.8) is 0 Å². The minimum atomic E-state index is -3.71. The maximum atomic E-state index is 12.3. The first kappa shape index (κ1) is 16.3. The molecule has 2 aromatic rings. The smallest absolute Gasteiger partial charge is 0.261 e. The summed E-state index contributed by atoms with van der Waals surface area (Å²) in [6, 6.07) is 9.31. The molecule has 0 atom stereocenters. The fraction of sp³-hybridized carbons (Fsp3) is 0.143. The van der Waals surface area contributed by atoms with E-state index in [0.717, 1.165) is 5.56 Å². The average molecular weight is 391 g/mol. The van der Waals surface area contributed by atoms with Gasteiger partial charge in [-0.2, -0.15) is 0 Å². The average Bonchev–Trinajstić information content (AvgIpc) is 2.44. The highest BCUT2D eigenvalue weighted by Gasteiger charge is 2.16. The third kappa shape index (κ3) is 3.77. The Morgan fingerprint density at radius 1 is 1.24 bits per heavy atom. The van der Waals surface area contributed by atoms with Gasteiger partial charge in [0.2, 0.25) is 0 Å². The number of aliphatic hydroxyl groups is 1. The Balaban J connectivity index is 2.34. The number of benzene rings is 2. The van der Waals surface area contributed by atoms with Crippen molar-refractivity contribution < 1.29 is 13.5 Å². The van der Waals surface area contributed by atoms with Gasteiger partial charge in [0, 0.05) is 9.50 Å². The number of aliphatic hydroxyl groups excluding tert-OH is 1. The molecule has 0 aliphatic heterocycles. The molecule has 2 aromatic carbocycles. The molecule has 0 unspecified atom stereocenters. The van der Waals surface area contributed by atoms with E-state index in [-0.39, 0.29) is 11.5 Å². The first-order valence-corrected chi connectivity index (χ1v) is 8.67. The van der Waals surface area contributed by atoms with Gasteiger partial charge in [-0.15, -0.1) is 0 Å². The van der Waals surface area contributed by atoms with E-state index in [0.29, 0.717) is 20.7 Å². The van der Waals surface area contributed by atoms with E-state index in [4.69, 9.17) is 16.7 Å². The van der Waals surface area contributed by atoms with Crippen LogP contribution in [0.15, 0.2) is 45.8 Å². The third-order valence-corrected chi connectivity index (χ3v) is 5.35. The van der Waals surface area contributed by atoms with Crippen molar-refractivity contribution in [3.05, 3.63) is 57.0 Å². The molecule has 4 nitrogen and oxygen atoms in total. The molecule has 2 N–H and O–H groups in total.